The predicted molar refractivity (Wildman–Crippen MR) is 82.1 cm³/mol. The van der Waals surface area contributed by atoms with Crippen molar-refractivity contribution in [1.82, 2.24) is 0 Å². The fraction of sp³-hybridized carbons (Fsp3) is 0.588. The Bertz CT molecular complexity index is 378. The van der Waals surface area contributed by atoms with Crippen molar-refractivity contribution < 1.29 is 19.7 Å². The molecule has 0 radical (unpaired) electrons. The highest BCUT2D eigenvalue weighted by Crippen LogP contribution is 2.09. The van der Waals surface area contributed by atoms with Crippen molar-refractivity contribution in [3.63, 3.8) is 0 Å². The van der Waals surface area contributed by atoms with E-state index in [1.165, 1.54) is 0 Å². The fourth-order valence-corrected chi connectivity index (χ4v) is 2.10. The van der Waals surface area contributed by atoms with Crippen molar-refractivity contribution in [3.8, 4) is 0 Å². The summed E-state index contributed by atoms with van der Waals surface area (Å²) in [6, 6.07) is 9.03. The normalized spacial score (nSPS) is 12.1. The quantitative estimate of drug-likeness (QED) is 0.486. The number of aliphatic hydroxyl groups excluding tert-OH is 2. The molecule has 0 bridgehead atoms. The minimum Gasteiger partial charge on any atom is -0.462 e. The summed E-state index contributed by atoms with van der Waals surface area (Å²) in [5.74, 6) is -0.256. The van der Waals surface area contributed by atoms with Crippen LogP contribution in [-0.2, 0) is 4.74 Å². The Balaban J connectivity index is 1.92. The maximum atomic E-state index is 11.6. The summed E-state index contributed by atoms with van der Waals surface area (Å²) in [7, 11) is 0. The minimum atomic E-state index is -0.567. The summed E-state index contributed by atoms with van der Waals surface area (Å²) in [6.45, 7) is 0.323. The molecule has 1 aromatic carbocycles. The third kappa shape index (κ3) is 8.48. The van der Waals surface area contributed by atoms with Crippen LogP contribution in [0.25, 0.3) is 0 Å². The van der Waals surface area contributed by atoms with E-state index in [1.54, 1.807) is 12.1 Å². The molecule has 0 amide bonds. The second-order valence-corrected chi connectivity index (χ2v) is 5.25. The van der Waals surface area contributed by atoms with E-state index in [4.69, 9.17) is 9.84 Å². The summed E-state index contributed by atoms with van der Waals surface area (Å²) in [5.41, 5.74) is 0.597. The summed E-state index contributed by atoms with van der Waals surface area (Å²) in [6.07, 6.45) is 6.28. The van der Waals surface area contributed by atoms with Gasteiger partial charge in [-0.25, -0.2) is 4.79 Å². The maximum Gasteiger partial charge on any atom is 0.338 e. The van der Waals surface area contributed by atoms with Gasteiger partial charge in [0.05, 0.1) is 24.9 Å². The van der Waals surface area contributed by atoms with Gasteiger partial charge in [0.25, 0.3) is 0 Å². The first kappa shape index (κ1) is 17.7. The smallest absolute Gasteiger partial charge is 0.338 e. The number of ether oxygens (including phenoxy) is 1. The lowest BCUT2D eigenvalue weighted by atomic mass is 10.1. The van der Waals surface area contributed by atoms with Gasteiger partial charge in [-0.05, 0) is 25.0 Å². The van der Waals surface area contributed by atoms with Gasteiger partial charge in [0.15, 0.2) is 0 Å². The second kappa shape index (κ2) is 11.3. The molecule has 2 N–H and O–H groups in total. The Morgan fingerprint density at radius 2 is 1.62 bits per heavy atom. The van der Waals surface area contributed by atoms with Crippen LogP contribution in [0.1, 0.15) is 55.3 Å². The van der Waals surface area contributed by atoms with Crippen molar-refractivity contribution in [2.75, 3.05) is 13.2 Å². The molecular weight excluding hydrogens is 268 g/mol. The first-order valence-corrected chi connectivity index (χ1v) is 7.75. The number of esters is 1. The number of carbonyl (C=O) groups is 1. The highest BCUT2D eigenvalue weighted by Gasteiger charge is 2.05. The lowest BCUT2D eigenvalue weighted by molar-refractivity contribution is 0.0497. The molecule has 1 rings (SSSR count). The molecule has 0 aliphatic carbocycles. The molecule has 1 unspecified atom stereocenters. The SMILES string of the molecule is O=C(OCCCCCCCCC(O)CO)c1ccccc1. The number of benzene rings is 1. The zero-order valence-corrected chi connectivity index (χ0v) is 12.5. The Morgan fingerprint density at radius 3 is 2.29 bits per heavy atom. The highest BCUT2D eigenvalue weighted by atomic mass is 16.5. The van der Waals surface area contributed by atoms with Crippen LogP contribution in [0.3, 0.4) is 0 Å². The molecule has 1 atom stereocenters. The average molecular weight is 294 g/mol. The molecule has 0 aliphatic heterocycles. The van der Waals surface area contributed by atoms with E-state index < -0.39 is 6.10 Å². The van der Waals surface area contributed by atoms with E-state index in [9.17, 15) is 9.90 Å². The van der Waals surface area contributed by atoms with Crippen LogP contribution in [-0.4, -0.2) is 35.5 Å². The highest BCUT2D eigenvalue weighted by molar-refractivity contribution is 5.89. The fourth-order valence-electron chi connectivity index (χ4n) is 2.10. The molecule has 0 saturated heterocycles. The van der Waals surface area contributed by atoms with Crippen molar-refractivity contribution in [2.45, 2.75) is 51.0 Å². The van der Waals surface area contributed by atoms with E-state index in [0.29, 0.717) is 18.6 Å². The van der Waals surface area contributed by atoms with E-state index in [2.05, 4.69) is 0 Å². The first-order chi connectivity index (χ1) is 10.2. The second-order valence-electron chi connectivity index (χ2n) is 5.25. The summed E-state index contributed by atoms with van der Waals surface area (Å²) >= 11 is 0. The molecule has 4 nitrogen and oxygen atoms in total. The molecule has 0 spiro atoms. The molecule has 0 saturated carbocycles. The van der Waals surface area contributed by atoms with Crippen LogP contribution in [0.15, 0.2) is 30.3 Å². The summed E-state index contributed by atoms with van der Waals surface area (Å²) in [5, 5.41) is 17.8. The topological polar surface area (TPSA) is 66.8 Å². The molecule has 0 fully saturated rings. The van der Waals surface area contributed by atoms with Crippen LogP contribution in [0.4, 0.5) is 0 Å². The van der Waals surface area contributed by atoms with Crippen molar-refractivity contribution >= 4 is 5.97 Å². The van der Waals surface area contributed by atoms with Gasteiger partial charge in [-0.1, -0.05) is 50.3 Å². The van der Waals surface area contributed by atoms with Gasteiger partial charge in [-0.2, -0.15) is 0 Å². The Hall–Kier alpha value is -1.39. The number of unbranched alkanes of at least 4 members (excludes halogenated alkanes) is 5. The standard InChI is InChI=1S/C17H26O4/c18-14-16(19)12-8-3-1-2-4-9-13-21-17(20)15-10-6-5-7-11-15/h5-7,10-11,16,18-19H,1-4,8-9,12-14H2. The minimum absolute atomic E-state index is 0.146. The van der Waals surface area contributed by atoms with E-state index >= 15 is 0 Å². The number of hydrogen-bond acceptors (Lipinski definition) is 4. The van der Waals surface area contributed by atoms with Crippen molar-refractivity contribution in [2.24, 2.45) is 0 Å². The molecule has 0 aromatic heterocycles. The zero-order valence-electron chi connectivity index (χ0n) is 12.5. The average Bonchev–Trinajstić information content (AvgIpc) is 2.53. The molecule has 21 heavy (non-hydrogen) atoms. The molecule has 0 heterocycles. The van der Waals surface area contributed by atoms with Crippen molar-refractivity contribution in [3.05, 3.63) is 35.9 Å². The number of carbonyl (C=O) groups excluding carboxylic acids is 1. The van der Waals surface area contributed by atoms with Gasteiger partial charge >= 0.3 is 5.97 Å². The summed E-state index contributed by atoms with van der Waals surface area (Å²) in [4.78, 5) is 11.6. The van der Waals surface area contributed by atoms with Crippen LogP contribution in [0.5, 0.6) is 0 Å². The maximum absolute atomic E-state index is 11.6. The molecule has 0 aliphatic rings. The van der Waals surface area contributed by atoms with Gasteiger partial charge in [-0.15, -0.1) is 0 Å². The third-order valence-corrected chi connectivity index (χ3v) is 3.39. The van der Waals surface area contributed by atoms with Gasteiger partial charge in [0, 0.05) is 0 Å². The number of hydrogen-bond donors (Lipinski definition) is 2. The van der Waals surface area contributed by atoms with Crippen LogP contribution in [0, 0.1) is 0 Å². The summed E-state index contributed by atoms with van der Waals surface area (Å²) < 4.78 is 5.20. The molecule has 118 valence electrons. The number of aliphatic hydroxyl groups is 2. The van der Waals surface area contributed by atoms with E-state index in [1.807, 2.05) is 18.2 Å². The lowest BCUT2D eigenvalue weighted by Gasteiger charge is -2.06. The van der Waals surface area contributed by atoms with Gasteiger partial charge in [-0.3, -0.25) is 0 Å². The van der Waals surface area contributed by atoms with Crippen LogP contribution < -0.4 is 0 Å². The van der Waals surface area contributed by atoms with Crippen molar-refractivity contribution in [1.29, 1.82) is 0 Å². The predicted octanol–water partition coefficient (Wildman–Crippen LogP) is 2.93. The zero-order chi connectivity index (χ0) is 15.3. The van der Waals surface area contributed by atoms with Gasteiger partial charge in [0.2, 0.25) is 0 Å². The van der Waals surface area contributed by atoms with E-state index in [0.717, 1.165) is 38.5 Å². The van der Waals surface area contributed by atoms with E-state index in [-0.39, 0.29) is 12.6 Å². The first-order valence-electron chi connectivity index (χ1n) is 7.75. The van der Waals surface area contributed by atoms with Gasteiger partial charge in [0.1, 0.15) is 0 Å². The molecular formula is C17H26O4. The van der Waals surface area contributed by atoms with Crippen LogP contribution in [0.2, 0.25) is 0 Å². The molecule has 1 aromatic rings. The Labute approximate surface area is 126 Å². The Morgan fingerprint density at radius 1 is 1.00 bits per heavy atom. The monoisotopic (exact) mass is 294 g/mol. The van der Waals surface area contributed by atoms with Crippen LogP contribution >= 0.6 is 0 Å². The Kier molecular flexibility index (Phi) is 9.49. The third-order valence-electron chi connectivity index (χ3n) is 3.39. The van der Waals surface area contributed by atoms with Gasteiger partial charge < -0.3 is 14.9 Å². The number of rotatable bonds is 11. The largest absolute Gasteiger partial charge is 0.462 e. The lowest BCUT2D eigenvalue weighted by Crippen LogP contribution is -2.10. The molecule has 4 heteroatoms.